The van der Waals surface area contributed by atoms with Gasteiger partial charge in [-0.25, -0.2) is 4.79 Å². The Labute approximate surface area is 157 Å². The summed E-state index contributed by atoms with van der Waals surface area (Å²) in [5, 5.41) is 0. The molecule has 1 aliphatic rings. The number of hydrogen-bond acceptors (Lipinski definition) is 5. The number of ketones is 1. The van der Waals surface area contributed by atoms with E-state index in [1.165, 1.54) is 0 Å². The van der Waals surface area contributed by atoms with Gasteiger partial charge in [0, 0.05) is 24.2 Å². The average Bonchev–Trinajstić information content (AvgIpc) is 3.12. The zero-order valence-corrected chi connectivity index (χ0v) is 15.1. The van der Waals surface area contributed by atoms with Crippen LogP contribution in [0.4, 0.5) is 5.69 Å². The van der Waals surface area contributed by atoms with E-state index in [9.17, 15) is 14.4 Å². The Hall–Kier alpha value is -3.15. The number of carbonyl (C=O) groups excluding carboxylic acids is 3. The minimum Gasteiger partial charge on any atom is -0.494 e. The standard InChI is InChI=1S/C21H21NO5/c1-2-26-18-11-7-15(8-12-18)19(23)14-27-21(25)16-5-9-17(10-6-16)22-13-3-4-20(22)24/h5-12H,2-4,13-14H2,1H3. The number of Topliss-reactive ketones (excluding diaryl/α,β-unsaturated/α-hetero) is 1. The highest BCUT2D eigenvalue weighted by Gasteiger charge is 2.22. The molecule has 0 bridgehead atoms. The third-order valence-electron chi connectivity index (χ3n) is 4.31. The van der Waals surface area contributed by atoms with Crippen LogP contribution in [0, 0.1) is 0 Å². The fraction of sp³-hybridized carbons (Fsp3) is 0.286. The first-order valence-corrected chi connectivity index (χ1v) is 8.92. The lowest BCUT2D eigenvalue weighted by Gasteiger charge is -2.15. The molecular weight excluding hydrogens is 346 g/mol. The van der Waals surface area contributed by atoms with Gasteiger partial charge in [-0.15, -0.1) is 0 Å². The maximum atomic E-state index is 12.2. The predicted octanol–water partition coefficient (Wildman–Crippen LogP) is 3.25. The molecule has 0 N–H and O–H groups in total. The van der Waals surface area contributed by atoms with Crippen molar-refractivity contribution in [2.45, 2.75) is 19.8 Å². The van der Waals surface area contributed by atoms with E-state index in [2.05, 4.69) is 0 Å². The number of anilines is 1. The maximum Gasteiger partial charge on any atom is 0.338 e. The van der Waals surface area contributed by atoms with Crippen molar-refractivity contribution in [3.05, 3.63) is 59.7 Å². The van der Waals surface area contributed by atoms with Crippen molar-refractivity contribution in [3.63, 3.8) is 0 Å². The SMILES string of the molecule is CCOc1ccc(C(=O)COC(=O)c2ccc(N3CCCC3=O)cc2)cc1. The molecule has 27 heavy (non-hydrogen) atoms. The van der Waals surface area contributed by atoms with E-state index in [1.54, 1.807) is 53.4 Å². The molecule has 0 radical (unpaired) electrons. The van der Waals surface area contributed by atoms with E-state index in [-0.39, 0.29) is 18.3 Å². The van der Waals surface area contributed by atoms with Gasteiger partial charge in [-0.3, -0.25) is 9.59 Å². The summed E-state index contributed by atoms with van der Waals surface area (Å²) in [5.41, 5.74) is 1.55. The molecule has 0 aliphatic carbocycles. The fourth-order valence-electron chi connectivity index (χ4n) is 2.90. The summed E-state index contributed by atoms with van der Waals surface area (Å²) in [7, 11) is 0. The molecule has 1 fully saturated rings. The molecule has 2 aromatic carbocycles. The van der Waals surface area contributed by atoms with Crippen LogP contribution in [0.15, 0.2) is 48.5 Å². The van der Waals surface area contributed by atoms with Crippen LogP contribution in [0.3, 0.4) is 0 Å². The summed E-state index contributed by atoms with van der Waals surface area (Å²) in [6, 6.07) is 13.3. The van der Waals surface area contributed by atoms with E-state index >= 15 is 0 Å². The monoisotopic (exact) mass is 367 g/mol. The first-order chi connectivity index (χ1) is 13.1. The molecule has 2 aromatic rings. The van der Waals surface area contributed by atoms with Crippen LogP contribution < -0.4 is 9.64 Å². The number of nitrogens with zero attached hydrogens (tertiary/aromatic N) is 1. The van der Waals surface area contributed by atoms with Crippen LogP contribution in [-0.2, 0) is 9.53 Å². The molecule has 6 nitrogen and oxygen atoms in total. The average molecular weight is 367 g/mol. The summed E-state index contributed by atoms with van der Waals surface area (Å²) < 4.78 is 10.4. The van der Waals surface area contributed by atoms with Crippen molar-refractivity contribution in [2.75, 3.05) is 24.7 Å². The number of hydrogen-bond donors (Lipinski definition) is 0. The highest BCUT2D eigenvalue weighted by atomic mass is 16.5. The lowest BCUT2D eigenvalue weighted by molar-refractivity contribution is -0.117. The van der Waals surface area contributed by atoms with Crippen LogP contribution in [0.25, 0.3) is 0 Å². The zero-order valence-electron chi connectivity index (χ0n) is 15.1. The molecule has 0 atom stereocenters. The second-order valence-corrected chi connectivity index (χ2v) is 6.15. The first-order valence-electron chi connectivity index (χ1n) is 8.92. The number of ether oxygens (including phenoxy) is 2. The van der Waals surface area contributed by atoms with Gasteiger partial charge in [0.25, 0.3) is 0 Å². The Morgan fingerprint density at radius 2 is 1.67 bits per heavy atom. The maximum absolute atomic E-state index is 12.2. The van der Waals surface area contributed by atoms with Crippen LogP contribution >= 0.6 is 0 Å². The minimum atomic E-state index is -0.575. The molecule has 0 aromatic heterocycles. The molecule has 0 unspecified atom stereocenters. The van der Waals surface area contributed by atoms with E-state index in [1.807, 2.05) is 6.92 Å². The van der Waals surface area contributed by atoms with Gasteiger partial charge in [0.15, 0.2) is 12.4 Å². The van der Waals surface area contributed by atoms with Gasteiger partial charge >= 0.3 is 5.97 Å². The smallest absolute Gasteiger partial charge is 0.338 e. The highest BCUT2D eigenvalue weighted by Crippen LogP contribution is 2.22. The normalized spacial score (nSPS) is 13.5. The molecule has 0 spiro atoms. The quantitative estimate of drug-likeness (QED) is 0.555. The zero-order chi connectivity index (χ0) is 19.2. The number of carbonyl (C=O) groups is 3. The molecule has 1 amide bonds. The summed E-state index contributed by atoms with van der Waals surface area (Å²) >= 11 is 0. The molecule has 1 aliphatic heterocycles. The van der Waals surface area contributed by atoms with E-state index in [0.717, 1.165) is 12.1 Å². The Morgan fingerprint density at radius 1 is 1.00 bits per heavy atom. The lowest BCUT2D eigenvalue weighted by atomic mass is 10.1. The van der Waals surface area contributed by atoms with Crippen molar-refractivity contribution in [1.82, 2.24) is 0 Å². The van der Waals surface area contributed by atoms with Gasteiger partial charge in [0.05, 0.1) is 12.2 Å². The van der Waals surface area contributed by atoms with Crippen molar-refractivity contribution in [1.29, 1.82) is 0 Å². The second-order valence-electron chi connectivity index (χ2n) is 6.15. The number of esters is 1. The molecule has 3 rings (SSSR count). The van der Waals surface area contributed by atoms with E-state index in [0.29, 0.717) is 36.4 Å². The van der Waals surface area contributed by atoms with Crippen molar-refractivity contribution in [2.24, 2.45) is 0 Å². The van der Waals surface area contributed by atoms with Gasteiger partial charge in [-0.2, -0.15) is 0 Å². The van der Waals surface area contributed by atoms with Crippen LogP contribution in [0.1, 0.15) is 40.5 Å². The van der Waals surface area contributed by atoms with Crippen molar-refractivity contribution >= 4 is 23.3 Å². The van der Waals surface area contributed by atoms with E-state index < -0.39 is 5.97 Å². The molecule has 0 saturated carbocycles. The molecular formula is C21H21NO5. The van der Waals surface area contributed by atoms with Gasteiger partial charge in [0.2, 0.25) is 5.91 Å². The van der Waals surface area contributed by atoms with Gasteiger partial charge in [0.1, 0.15) is 5.75 Å². The van der Waals surface area contributed by atoms with Crippen LogP contribution in [0.2, 0.25) is 0 Å². The minimum absolute atomic E-state index is 0.0891. The van der Waals surface area contributed by atoms with Crippen LogP contribution in [0.5, 0.6) is 5.75 Å². The third kappa shape index (κ3) is 4.53. The molecule has 6 heteroatoms. The molecule has 1 saturated heterocycles. The fourth-order valence-corrected chi connectivity index (χ4v) is 2.90. The highest BCUT2D eigenvalue weighted by molar-refractivity contribution is 6.00. The largest absolute Gasteiger partial charge is 0.494 e. The third-order valence-corrected chi connectivity index (χ3v) is 4.31. The van der Waals surface area contributed by atoms with Crippen LogP contribution in [-0.4, -0.2) is 37.4 Å². The van der Waals surface area contributed by atoms with E-state index in [4.69, 9.17) is 9.47 Å². The molecule has 1 heterocycles. The Balaban J connectivity index is 1.55. The summed E-state index contributed by atoms with van der Waals surface area (Å²) in [5.74, 6) is -0.0897. The summed E-state index contributed by atoms with van der Waals surface area (Å²) in [4.78, 5) is 37.7. The molecule has 140 valence electrons. The number of rotatable bonds is 7. The van der Waals surface area contributed by atoms with Crippen molar-refractivity contribution in [3.8, 4) is 5.75 Å². The Bertz CT molecular complexity index is 827. The first kappa shape index (κ1) is 18.6. The van der Waals surface area contributed by atoms with Gasteiger partial charge in [-0.05, 0) is 61.9 Å². The lowest BCUT2D eigenvalue weighted by Crippen LogP contribution is -2.23. The topological polar surface area (TPSA) is 72.9 Å². The Kier molecular flexibility index (Phi) is 5.86. The Morgan fingerprint density at radius 3 is 2.26 bits per heavy atom. The predicted molar refractivity (Wildman–Crippen MR) is 100 cm³/mol. The second kappa shape index (κ2) is 8.49. The van der Waals surface area contributed by atoms with Gasteiger partial charge in [-0.1, -0.05) is 0 Å². The number of amides is 1. The van der Waals surface area contributed by atoms with Gasteiger partial charge < -0.3 is 14.4 Å². The number of benzene rings is 2. The van der Waals surface area contributed by atoms with Crippen molar-refractivity contribution < 1.29 is 23.9 Å². The summed E-state index contributed by atoms with van der Waals surface area (Å²) in [6.07, 6.45) is 1.40. The summed E-state index contributed by atoms with van der Waals surface area (Å²) in [6.45, 7) is 2.79.